The highest BCUT2D eigenvalue weighted by Crippen LogP contribution is 2.18. The van der Waals surface area contributed by atoms with E-state index in [-0.39, 0.29) is 24.9 Å². The van der Waals surface area contributed by atoms with Crippen molar-refractivity contribution in [3.63, 3.8) is 0 Å². The Balaban J connectivity index is 4.55. The highest BCUT2D eigenvalue weighted by atomic mass is 16.5. The predicted octanol–water partition coefficient (Wildman–Crippen LogP) is 15.5. The van der Waals surface area contributed by atoms with Gasteiger partial charge in [0.25, 0.3) is 0 Å². The normalized spacial score (nSPS) is 13.4. The maximum absolute atomic E-state index is 13.2. The molecule has 59 heavy (non-hydrogen) atoms. The number of hydrogen-bond acceptors (Lipinski definition) is 5. The van der Waals surface area contributed by atoms with Gasteiger partial charge in [0.15, 0.2) is 0 Å². The Bertz CT molecular complexity index is 935. The summed E-state index contributed by atoms with van der Waals surface area (Å²) in [6.07, 6.45) is 53.8. The van der Waals surface area contributed by atoms with Crippen LogP contribution >= 0.6 is 0 Å². The van der Waals surface area contributed by atoms with Gasteiger partial charge in [0.1, 0.15) is 6.10 Å². The summed E-state index contributed by atoms with van der Waals surface area (Å²) in [4.78, 5) is 26.1. The molecule has 3 atom stereocenters. The zero-order valence-electron chi connectivity index (χ0n) is 39.7. The number of allylic oxidation sites excluding steroid dienone is 4. The third-order valence-corrected chi connectivity index (χ3v) is 12.0. The molecule has 0 radical (unpaired) electrons. The van der Waals surface area contributed by atoms with Crippen LogP contribution in [0.15, 0.2) is 24.3 Å². The summed E-state index contributed by atoms with van der Waals surface area (Å²) in [5, 5.41) is 23.8. The van der Waals surface area contributed by atoms with Crippen LogP contribution in [0.1, 0.15) is 278 Å². The van der Waals surface area contributed by atoms with Crippen LogP contribution < -0.4 is 5.32 Å². The van der Waals surface area contributed by atoms with E-state index in [0.717, 1.165) is 64.2 Å². The highest BCUT2D eigenvalue weighted by Gasteiger charge is 2.24. The minimum atomic E-state index is -0.784. The molecule has 0 heterocycles. The van der Waals surface area contributed by atoms with Crippen LogP contribution in [-0.4, -0.2) is 46.9 Å². The lowest BCUT2D eigenvalue weighted by Crippen LogP contribution is -2.46. The molecule has 1 amide bonds. The van der Waals surface area contributed by atoms with Crippen LogP contribution in [0.25, 0.3) is 0 Å². The van der Waals surface area contributed by atoms with Gasteiger partial charge in [-0.25, -0.2) is 0 Å². The first-order valence-electron chi connectivity index (χ1n) is 26.1. The molecule has 0 rings (SSSR count). The average Bonchev–Trinajstić information content (AvgIpc) is 3.23. The number of rotatable bonds is 47. The van der Waals surface area contributed by atoms with E-state index in [1.54, 1.807) is 0 Å². The number of aliphatic hydroxyl groups excluding tert-OH is 2. The number of unbranched alkanes of at least 4 members (excludes halogenated alkanes) is 31. The van der Waals surface area contributed by atoms with Crippen molar-refractivity contribution in [1.29, 1.82) is 0 Å². The molecule has 0 saturated heterocycles. The molecule has 0 aliphatic rings. The van der Waals surface area contributed by atoms with Crippen LogP contribution in [0.3, 0.4) is 0 Å². The monoisotopic (exact) mass is 832 g/mol. The van der Waals surface area contributed by atoms with Crippen LogP contribution in [0, 0.1) is 0 Å². The third-order valence-electron chi connectivity index (χ3n) is 12.0. The molecule has 0 aliphatic carbocycles. The first-order valence-corrected chi connectivity index (χ1v) is 26.1. The molecule has 0 bridgehead atoms. The fourth-order valence-corrected chi connectivity index (χ4v) is 8.12. The first-order chi connectivity index (χ1) is 29.0. The maximum Gasteiger partial charge on any atom is 0.306 e. The molecule has 0 aromatic heterocycles. The summed E-state index contributed by atoms with van der Waals surface area (Å²) in [5.74, 6) is -0.468. The molecule has 0 aromatic rings. The SMILES string of the molecule is CC/C=C/C/C=C/CCCCCCCCCC(=O)OC(CCCCCCCCCCCCCCCC)CC(=O)NC(CO)C(O)CCCCCCCCCCCCCC. The fourth-order valence-electron chi connectivity index (χ4n) is 8.12. The lowest BCUT2D eigenvalue weighted by molar-refractivity contribution is -0.151. The Hall–Kier alpha value is -1.66. The van der Waals surface area contributed by atoms with Gasteiger partial charge in [0.2, 0.25) is 5.91 Å². The Labute approximate surface area is 367 Å². The summed E-state index contributed by atoms with van der Waals surface area (Å²) in [7, 11) is 0. The van der Waals surface area contributed by atoms with E-state index < -0.39 is 18.2 Å². The molecule has 348 valence electrons. The number of hydrogen-bond donors (Lipinski definition) is 3. The molecule has 6 nitrogen and oxygen atoms in total. The van der Waals surface area contributed by atoms with Crippen molar-refractivity contribution in [2.45, 2.75) is 296 Å². The van der Waals surface area contributed by atoms with Crippen molar-refractivity contribution >= 4 is 11.9 Å². The van der Waals surface area contributed by atoms with E-state index in [0.29, 0.717) is 19.3 Å². The zero-order valence-corrected chi connectivity index (χ0v) is 39.7. The molecule has 6 heteroatoms. The van der Waals surface area contributed by atoms with Crippen molar-refractivity contribution < 1.29 is 24.5 Å². The minimum Gasteiger partial charge on any atom is -0.462 e. The molecule has 3 unspecified atom stereocenters. The van der Waals surface area contributed by atoms with Crippen LogP contribution in [0.5, 0.6) is 0 Å². The Kier molecular flexibility index (Phi) is 46.1. The van der Waals surface area contributed by atoms with Crippen LogP contribution in [0.2, 0.25) is 0 Å². The summed E-state index contributed by atoms with van der Waals surface area (Å²) < 4.78 is 5.94. The number of amides is 1. The van der Waals surface area contributed by atoms with Crippen LogP contribution in [0.4, 0.5) is 0 Å². The standard InChI is InChI=1S/C53H101NO5/c1-4-7-10-13-16-19-22-25-27-29-32-35-38-41-44-49(59-53(58)46-43-40-37-34-31-28-26-23-20-17-14-11-8-5-2)47-52(57)54-50(48-55)51(56)45-42-39-36-33-30-24-21-18-15-12-9-6-3/h8,11,17,20,49-51,55-56H,4-7,9-10,12-16,18-19,21-48H2,1-3H3,(H,54,57)/b11-8+,20-17+. The molecule has 3 N–H and O–H groups in total. The molecule has 0 fully saturated rings. The van der Waals surface area contributed by atoms with Gasteiger partial charge in [0.05, 0.1) is 25.2 Å². The topological polar surface area (TPSA) is 95.9 Å². The number of carbonyl (C=O) groups excluding carboxylic acids is 2. The van der Waals surface area contributed by atoms with Gasteiger partial charge in [-0.2, -0.15) is 0 Å². The van der Waals surface area contributed by atoms with Crippen molar-refractivity contribution in [1.82, 2.24) is 5.32 Å². The molecule has 0 aromatic carbocycles. The molecule has 0 saturated carbocycles. The quantitative estimate of drug-likeness (QED) is 0.0322. The third kappa shape index (κ3) is 42.8. The van der Waals surface area contributed by atoms with E-state index in [1.807, 2.05) is 0 Å². The fraction of sp³-hybridized carbons (Fsp3) is 0.887. The number of ether oxygens (including phenoxy) is 1. The second-order valence-corrected chi connectivity index (χ2v) is 17.9. The molecule has 0 spiro atoms. The average molecular weight is 832 g/mol. The predicted molar refractivity (Wildman–Crippen MR) is 255 cm³/mol. The summed E-state index contributed by atoms with van der Waals surface area (Å²) in [6.45, 7) is 6.39. The van der Waals surface area contributed by atoms with Crippen molar-refractivity contribution in [3.8, 4) is 0 Å². The maximum atomic E-state index is 13.2. The van der Waals surface area contributed by atoms with Gasteiger partial charge in [-0.05, 0) is 51.4 Å². The number of aliphatic hydroxyl groups is 2. The number of nitrogens with one attached hydrogen (secondary N) is 1. The van der Waals surface area contributed by atoms with Gasteiger partial charge in [-0.1, -0.05) is 238 Å². The summed E-state index contributed by atoms with van der Waals surface area (Å²) in [5.41, 5.74) is 0. The Morgan fingerprint density at radius 3 is 1.37 bits per heavy atom. The van der Waals surface area contributed by atoms with Gasteiger partial charge in [-0.3, -0.25) is 9.59 Å². The van der Waals surface area contributed by atoms with E-state index in [1.165, 1.54) is 167 Å². The largest absolute Gasteiger partial charge is 0.462 e. The van der Waals surface area contributed by atoms with E-state index in [4.69, 9.17) is 4.74 Å². The van der Waals surface area contributed by atoms with E-state index >= 15 is 0 Å². The second-order valence-electron chi connectivity index (χ2n) is 17.9. The molecular formula is C53H101NO5. The summed E-state index contributed by atoms with van der Waals surface area (Å²) >= 11 is 0. The first kappa shape index (κ1) is 57.3. The van der Waals surface area contributed by atoms with Gasteiger partial charge in [0, 0.05) is 6.42 Å². The highest BCUT2D eigenvalue weighted by molar-refractivity contribution is 5.77. The van der Waals surface area contributed by atoms with Crippen molar-refractivity contribution in [2.24, 2.45) is 0 Å². The van der Waals surface area contributed by atoms with Crippen molar-refractivity contribution in [2.75, 3.05) is 6.61 Å². The summed E-state index contributed by atoms with van der Waals surface area (Å²) in [6, 6.07) is -0.697. The van der Waals surface area contributed by atoms with Gasteiger partial charge < -0.3 is 20.3 Å². The minimum absolute atomic E-state index is 0.0800. The molecule has 0 aliphatic heterocycles. The Morgan fingerprint density at radius 2 is 0.915 bits per heavy atom. The second kappa shape index (κ2) is 47.4. The lowest BCUT2D eigenvalue weighted by Gasteiger charge is -2.24. The Morgan fingerprint density at radius 1 is 0.508 bits per heavy atom. The smallest absolute Gasteiger partial charge is 0.306 e. The number of esters is 1. The number of carbonyl (C=O) groups is 2. The lowest BCUT2D eigenvalue weighted by atomic mass is 10.0. The van der Waals surface area contributed by atoms with Crippen molar-refractivity contribution in [3.05, 3.63) is 24.3 Å². The zero-order chi connectivity index (χ0) is 43.1. The van der Waals surface area contributed by atoms with E-state index in [9.17, 15) is 19.8 Å². The van der Waals surface area contributed by atoms with Gasteiger partial charge >= 0.3 is 5.97 Å². The van der Waals surface area contributed by atoms with Gasteiger partial charge in [-0.15, -0.1) is 0 Å². The van der Waals surface area contributed by atoms with Crippen LogP contribution in [-0.2, 0) is 14.3 Å². The van der Waals surface area contributed by atoms with E-state index in [2.05, 4.69) is 50.4 Å². The molecular weight excluding hydrogens is 731 g/mol.